The van der Waals surface area contributed by atoms with Gasteiger partial charge in [-0.15, -0.1) is 0 Å². The molecular formula is C14H11Cl2FN2O2. The SMILES string of the molecule is N/C(=N/O)c1cc(F)cc(COc2cccc(Cl)c2Cl)c1. The van der Waals surface area contributed by atoms with Crippen LogP contribution in [0.15, 0.2) is 41.6 Å². The predicted molar refractivity (Wildman–Crippen MR) is 79.7 cm³/mol. The second-order valence-corrected chi connectivity index (χ2v) is 4.96. The zero-order chi connectivity index (χ0) is 15.4. The Morgan fingerprint density at radius 2 is 2.05 bits per heavy atom. The normalized spacial score (nSPS) is 11.5. The Labute approximate surface area is 130 Å². The molecule has 0 unspecified atom stereocenters. The van der Waals surface area contributed by atoms with Gasteiger partial charge in [0.1, 0.15) is 23.2 Å². The van der Waals surface area contributed by atoms with Gasteiger partial charge in [0.25, 0.3) is 0 Å². The molecule has 0 aliphatic carbocycles. The molecular weight excluding hydrogens is 318 g/mol. The Hall–Kier alpha value is -1.98. The standard InChI is InChI=1S/C14H11Cl2FN2O2/c15-11-2-1-3-12(13(11)16)21-7-8-4-9(14(18)19-20)6-10(17)5-8/h1-6,20H,7H2,(H2,18,19). The molecule has 0 aliphatic heterocycles. The minimum Gasteiger partial charge on any atom is -0.487 e. The molecule has 0 saturated heterocycles. The second-order valence-electron chi connectivity index (χ2n) is 4.17. The number of amidine groups is 1. The molecule has 7 heteroatoms. The van der Waals surface area contributed by atoms with Gasteiger partial charge in [-0.1, -0.05) is 34.4 Å². The summed E-state index contributed by atoms with van der Waals surface area (Å²) in [6.07, 6.45) is 0. The number of halogens is 3. The van der Waals surface area contributed by atoms with Crippen molar-refractivity contribution in [2.75, 3.05) is 0 Å². The summed E-state index contributed by atoms with van der Waals surface area (Å²) in [6.45, 7) is 0.0591. The number of hydrogen-bond donors (Lipinski definition) is 2. The number of hydrogen-bond acceptors (Lipinski definition) is 3. The van der Waals surface area contributed by atoms with Crippen LogP contribution in [0.5, 0.6) is 5.75 Å². The first-order valence-electron chi connectivity index (χ1n) is 5.85. The first kappa shape index (κ1) is 15.4. The molecule has 110 valence electrons. The average Bonchev–Trinajstić information content (AvgIpc) is 2.47. The van der Waals surface area contributed by atoms with Gasteiger partial charge in [-0.3, -0.25) is 0 Å². The van der Waals surface area contributed by atoms with Crippen LogP contribution in [-0.4, -0.2) is 11.0 Å². The van der Waals surface area contributed by atoms with E-state index < -0.39 is 5.82 Å². The van der Waals surface area contributed by atoms with Crippen molar-refractivity contribution in [2.24, 2.45) is 10.9 Å². The maximum absolute atomic E-state index is 13.5. The van der Waals surface area contributed by atoms with Crippen LogP contribution in [0.4, 0.5) is 4.39 Å². The summed E-state index contributed by atoms with van der Waals surface area (Å²) in [4.78, 5) is 0. The van der Waals surface area contributed by atoms with Gasteiger partial charge in [-0.2, -0.15) is 0 Å². The first-order valence-corrected chi connectivity index (χ1v) is 6.61. The molecule has 2 aromatic carbocycles. The van der Waals surface area contributed by atoms with Crippen molar-refractivity contribution in [3.8, 4) is 5.75 Å². The number of nitrogens with zero attached hydrogens (tertiary/aromatic N) is 1. The van der Waals surface area contributed by atoms with Crippen LogP contribution in [0, 0.1) is 5.82 Å². The molecule has 0 spiro atoms. The van der Waals surface area contributed by atoms with Crippen LogP contribution in [0.25, 0.3) is 0 Å². The highest BCUT2D eigenvalue weighted by Crippen LogP contribution is 2.32. The van der Waals surface area contributed by atoms with Crippen molar-refractivity contribution in [1.82, 2.24) is 0 Å². The fraction of sp³-hybridized carbons (Fsp3) is 0.0714. The van der Waals surface area contributed by atoms with E-state index in [0.717, 1.165) is 6.07 Å². The Kier molecular flexibility index (Phi) is 4.88. The molecule has 0 fully saturated rings. The van der Waals surface area contributed by atoms with Crippen LogP contribution < -0.4 is 10.5 Å². The van der Waals surface area contributed by atoms with Crippen LogP contribution >= 0.6 is 23.2 Å². The van der Waals surface area contributed by atoms with Crippen molar-refractivity contribution < 1.29 is 14.3 Å². The van der Waals surface area contributed by atoms with Gasteiger partial charge in [-0.25, -0.2) is 4.39 Å². The van der Waals surface area contributed by atoms with Crippen molar-refractivity contribution in [1.29, 1.82) is 0 Å². The minimum absolute atomic E-state index is 0.0591. The van der Waals surface area contributed by atoms with E-state index in [0.29, 0.717) is 16.3 Å². The van der Waals surface area contributed by atoms with E-state index >= 15 is 0 Å². The third-order valence-corrected chi connectivity index (χ3v) is 3.47. The molecule has 4 nitrogen and oxygen atoms in total. The number of nitrogens with two attached hydrogens (primary N) is 1. The lowest BCUT2D eigenvalue weighted by molar-refractivity contribution is 0.305. The van der Waals surface area contributed by atoms with E-state index in [9.17, 15) is 4.39 Å². The molecule has 0 saturated carbocycles. The summed E-state index contributed by atoms with van der Waals surface area (Å²) < 4.78 is 19.0. The molecule has 21 heavy (non-hydrogen) atoms. The van der Waals surface area contributed by atoms with Crippen molar-refractivity contribution in [2.45, 2.75) is 6.61 Å². The van der Waals surface area contributed by atoms with E-state index in [-0.39, 0.29) is 23.0 Å². The monoisotopic (exact) mass is 328 g/mol. The Bertz CT molecular complexity index is 693. The van der Waals surface area contributed by atoms with Gasteiger partial charge >= 0.3 is 0 Å². The smallest absolute Gasteiger partial charge is 0.170 e. The fourth-order valence-electron chi connectivity index (χ4n) is 1.70. The highest BCUT2D eigenvalue weighted by molar-refractivity contribution is 6.42. The largest absolute Gasteiger partial charge is 0.487 e. The maximum Gasteiger partial charge on any atom is 0.170 e. The first-order chi connectivity index (χ1) is 10.0. The topological polar surface area (TPSA) is 67.8 Å². The summed E-state index contributed by atoms with van der Waals surface area (Å²) in [6, 6.07) is 8.97. The molecule has 0 heterocycles. The third-order valence-electron chi connectivity index (χ3n) is 2.67. The van der Waals surface area contributed by atoms with Crippen LogP contribution in [0.1, 0.15) is 11.1 Å². The van der Waals surface area contributed by atoms with Crippen LogP contribution in [0.2, 0.25) is 10.0 Å². The lowest BCUT2D eigenvalue weighted by Crippen LogP contribution is -2.14. The van der Waals surface area contributed by atoms with Gasteiger partial charge in [0.2, 0.25) is 0 Å². The molecule has 0 amide bonds. The zero-order valence-electron chi connectivity index (χ0n) is 10.7. The van der Waals surface area contributed by atoms with E-state index in [1.165, 1.54) is 6.07 Å². The van der Waals surface area contributed by atoms with E-state index in [4.69, 9.17) is 38.9 Å². The number of ether oxygens (including phenoxy) is 1. The van der Waals surface area contributed by atoms with Crippen molar-refractivity contribution in [3.05, 3.63) is 63.4 Å². The molecule has 0 aromatic heterocycles. The summed E-state index contributed by atoms with van der Waals surface area (Å²) in [5, 5.41) is 12.1. The van der Waals surface area contributed by atoms with Crippen LogP contribution in [-0.2, 0) is 6.61 Å². The van der Waals surface area contributed by atoms with E-state index in [2.05, 4.69) is 5.16 Å². The molecule has 0 aliphatic rings. The highest BCUT2D eigenvalue weighted by atomic mass is 35.5. The predicted octanol–water partition coefficient (Wildman–Crippen LogP) is 3.81. The quantitative estimate of drug-likeness (QED) is 0.388. The minimum atomic E-state index is -0.519. The fourth-order valence-corrected chi connectivity index (χ4v) is 2.04. The highest BCUT2D eigenvalue weighted by Gasteiger charge is 2.08. The Morgan fingerprint density at radius 3 is 2.76 bits per heavy atom. The van der Waals surface area contributed by atoms with Crippen molar-refractivity contribution in [3.63, 3.8) is 0 Å². The summed E-state index contributed by atoms with van der Waals surface area (Å²) >= 11 is 11.9. The number of benzene rings is 2. The number of rotatable bonds is 4. The molecule has 0 bridgehead atoms. The molecule has 0 atom stereocenters. The van der Waals surface area contributed by atoms with Gasteiger partial charge in [0, 0.05) is 5.56 Å². The van der Waals surface area contributed by atoms with Gasteiger partial charge in [0.15, 0.2) is 5.84 Å². The Balaban J connectivity index is 2.20. The molecule has 0 radical (unpaired) electrons. The molecule has 2 aromatic rings. The summed E-state index contributed by atoms with van der Waals surface area (Å²) in [5.74, 6) is -0.315. The molecule has 2 rings (SSSR count). The van der Waals surface area contributed by atoms with Gasteiger partial charge in [-0.05, 0) is 35.9 Å². The van der Waals surface area contributed by atoms with E-state index in [1.54, 1.807) is 24.3 Å². The summed E-state index contributed by atoms with van der Waals surface area (Å²) in [7, 11) is 0. The van der Waals surface area contributed by atoms with E-state index in [1.807, 2.05) is 0 Å². The zero-order valence-corrected chi connectivity index (χ0v) is 12.2. The summed E-state index contributed by atoms with van der Waals surface area (Å²) in [5.41, 5.74) is 6.20. The van der Waals surface area contributed by atoms with Crippen LogP contribution in [0.3, 0.4) is 0 Å². The third kappa shape index (κ3) is 3.77. The second kappa shape index (κ2) is 6.65. The lowest BCUT2D eigenvalue weighted by Gasteiger charge is -2.10. The lowest BCUT2D eigenvalue weighted by atomic mass is 10.1. The van der Waals surface area contributed by atoms with Gasteiger partial charge in [0.05, 0.1) is 5.02 Å². The number of oxime groups is 1. The Morgan fingerprint density at radius 1 is 1.29 bits per heavy atom. The van der Waals surface area contributed by atoms with Gasteiger partial charge < -0.3 is 15.7 Å². The average molecular weight is 329 g/mol. The van der Waals surface area contributed by atoms with Crippen molar-refractivity contribution >= 4 is 29.0 Å². The maximum atomic E-state index is 13.5. The molecule has 3 N–H and O–H groups in total.